The van der Waals surface area contributed by atoms with Gasteiger partial charge in [-0.05, 0) is 37.8 Å². The van der Waals surface area contributed by atoms with Gasteiger partial charge in [0.05, 0.1) is 0 Å². The molecule has 0 unspecified atom stereocenters. The third-order valence-electron chi connectivity index (χ3n) is 5.56. The summed E-state index contributed by atoms with van der Waals surface area (Å²) in [6, 6.07) is 5.49. The van der Waals surface area contributed by atoms with Gasteiger partial charge in [0, 0.05) is 43.5 Å². The molecule has 2 N–H and O–H groups in total. The average molecular weight is 358 g/mol. The van der Waals surface area contributed by atoms with Crippen LogP contribution in [0.5, 0.6) is 11.5 Å². The molecular weight excluding hydrogens is 332 g/mol. The summed E-state index contributed by atoms with van der Waals surface area (Å²) >= 11 is 0. The number of nitrogens with one attached hydrogen (secondary N) is 2. The maximum Gasteiger partial charge on any atom is 0.251 e. The van der Waals surface area contributed by atoms with Crippen molar-refractivity contribution in [3.8, 4) is 11.5 Å². The molecule has 1 heterocycles. The molecule has 140 valence electrons. The highest BCUT2D eigenvalue weighted by Gasteiger charge is 2.44. The Balaban J connectivity index is 1.25. The van der Waals surface area contributed by atoms with Gasteiger partial charge in [-0.2, -0.15) is 0 Å². The topological polar surface area (TPSA) is 76.7 Å². The van der Waals surface area contributed by atoms with E-state index in [2.05, 4.69) is 10.6 Å². The van der Waals surface area contributed by atoms with Crippen LogP contribution in [-0.2, 0) is 9.59 Å². The lowest BCUT2D eigenvalue weighted by atomic mass is 10.1. The lowest BCUT2D eigenvalue weighted by Gasteiger charge is -2.21. The molecule has 1 aromatic carbocycles. The zero-order valence-electron chi connectivity index (χ0n) is 15.0. The fraction of sp³-hybridized carbons (Fsp3) is 0.600. The Morgan fingerprint density at radius 2 is 1.77 bits per heavy atom. The monoisotopic (exact) mass is 358 g/mol. The minimum absolute atomic E-state index is 0.0836. The van der Waals surface area contributed by atoms with E-state index in [1.807, 2.05) is 18.2 Å². The van der Waals surface area contributed by atoms with Crippen molar-refractivity contribution >= 4 is 17.5 Å². The Bertz CT molecular complexity index is 691. The highest BCUT2D eigenvalue weighted by Crippen LogP contribution is 2.47. The minimum Gasteiger partial charge on any atom is -0.448 e. The first-order chi connectivity index (χ1) is 12.6. The highest BCUT2D eigenvalue weighted by molar-refractivity contribution is 5.91. The van der Waals surface area contributed by atoms with Crippen molar-refractivity contribution in [2.24, 2.45) is 5.92 Å². The molecule has 3 aliphatic rings. The van der Waals surface area contributed by atoms with E-state index in [0.717, 1.165) is 57.1 Å². The molecule has 0 atom stereocenters. The first-order valence-corrected chi connectivity index (χ1v) is 9.73. The van der Waals surface area contributed by atoms with Gasteiger partial charge in [0.2, 0.25) is 11.8 Å². The van der Waals surface area contributed by atoms with Crippen molar-refractivity contribution < 1.29 is 19.1 Å². The van der Waals surface area contributed by atoms with Gasteiger partial charge >= 0.3 is 0 Å². The van der Waals surface area contributed by atoms with Gasteiger partial charge in [0.1, 0.15) is 0 Å². The predicted octanol–water partition coefficient (Wildman–Crippen LogP) is 3.36. The van der Waals surface area contributed by atoms with Crippen LogP contribution >= 0.6 is 0 Å². The lowest BCUT2D eigenvalue weighted by molar-refractivity contribution is -0.124. The Hall–Kier alpha value is -2.24. The van der Waals surface area contributed by atoms with Crippen LogP contribution in [0, 0.1) is 5.92 Å². The summed E-state index contributed by atoms with van der Waals surface area (Å²) in [5.41, 5.74) is 0.689. The number of benzene rings is 1. The Morgan fingerprint density at radius 1 is 1.04 bits per heavy atom. The molecular formula is C20H26N2O4. The molecule has 0 aromatic heterocycles. The summed E-state index contributed by atoms with van der Waals surface area (Å²) in [7, 11) is 0. The Morgan fingerprint density at radius 3 is 2.54 bits per heavy atom. The number of hydrogen-bond acceptors (Lipinski definition) is 4. The number of carbonyl (C=O) groups excluding carboxylic acids is 2. The largest absolute Gasteiger partial charge is 0.448 e. The van der Waals surface area contributed by atoms with Gasteiger partial charge in [-0.15, -0.1) is 0 Å². The second-order valence-corrected chi connectivity index (χ2v) is 7.55. The van der Waals surface area contributed by atoms with E-state index < -0.39 is 5.79 Å². The summed E-state index contributed by atoms with van der Waals surface area (Å²) in [6.07, 6.45) is 8.50. The first kappa shape index (κ1) is 17.2. The summed E-state index contributed by atoms with van der Waals surface area (Å²) in [4.78, 5) is 24.1. The minimum atomic E-state index is -0.491. The zero-order chi connectivity index (χ0) is 18.0. The van der Waals surface area contributed by atoms with Crippen molar-refractivity contribution in [2.45, 2.75) is 63.6 Å². The van der Waals surface area contributed by atoms with E-state index in [1.165, 1.54) is 0 Å². The number of anilines is 1. The van der Waals surface area contributed by atoms with E-state index in [4.69, 9.17) is 9.47 Å². The number of ether oxygens (including phenoxy) is 2. The third kappa shape index (κ3) is 3.64. The smallest absolute Gasteiger partial charge is 0.251 e. The van der Waals surface area contributed by atoms with Crippen molar-refractivity contribution in [3.05, 3.63) is 18.2 Å². The van der Waals surface area contributed by atoms with E-state index in [-0.39, 0.29) is 24.2 Å². The predicted molar refractivity (Wildman–Crippen MR) is 97.1 cm³/mol. The lowest BCUT2D eigenvalue weighted by Crippen LogP contribution is -2.34. The van der Waals surface area contributed by atoms with Crippen LogP contribution in [0.2, 0.25) is 0 Å². The second-order valence-electron chi connectivity index (χ2n) is 7.55. The Labute approximate surface area is 153 Å². The molecule has 2 aliphatic carbocycles. The van der Waals surface area contributed by atoms with Gasteiger partial charge in [-0.3, -0.25) is 9.59 Å². The molecule has 1 spiro atoms. The van der Waals surface area contributed by atoms with Crippen LogP contribution in [0.15, 0.2) is 18.2 Å². The molecule has 1 aliphatic heterocycles. The first-order valence-electron chi connectivity index (χ1n) is 9.73. The summed E-state index contributed by atoms with van der Waals surface area (Å²) in [5, 5.41) is 5.74. The van der Waals surface area contributed by atoms with Gasteiger partial charge < -0.3 is 20.1 Å². The van der Waals surface area contributed by atoms with Gasteiger partial charge in [-0.25, -0.2) is 0 Å². The molecule has 4 rings (SSSR count). The van der Waals surface area contributed by atoms with Crippen LogP contribution in [0.3, 0.4) is 0 Å². The van der Waals surface area contributed by atoms with Crippen molar-refractivity contribution in [2.75, 3.05) is 11.9 Å². The maximum absolute atomic E-state index is 12.1. The van der Waals surface area contributed by atoms with E-state index in [1.54, 1.807) is 0 Å². The Kier molecular flexibility index (Phi) is 4.74. The fourth-order valence-electron chi connectivity index (χ4n) is 4.14. The van der Waals surface area contributed by atoms with Gasteiger partial charge in [-0.1, -0.05) is 12.8 Å². The third-order valence-corrected chi connectivity index (χ3v) is 5.56. The number of rotatable bonds is 5. The van der Waals surface area contributed by atoms with Crippen LogP contribution in [0.4, 0.5) is 5.69 Å². The van der Waals surface area contributed by atoms with Gasteiger partial charge in [0.15, 0.2) is 11.5 Å². The normalized spacial score (nSPS) is 20.5. The van der Waals surface area contributed by atoms with Crippen LogP contribution in [0.1, 0.15) is 57.8 Å². The summed E-state index contributed by atoms with van der Waals surface area (Å²) < 4.78 is 12.0. The number of carbonyl (C=O) groups is 2. The molecule has 6 heteroatoms. The van der Waals surface area contributed by atoms with Gasteiger partial charge in [0.25, 0.3) is 5.79 Å². The molecule has 1 aromatic rings. The maximum atomic E-state index is 12.1. The quantitative estimate of drug-likeness (QED) is 0.846. The summed E-state index contributed by atoms with van der Waals surface area (Å²) in [6.45, 7) is 0.370. The highest BCUT2D eigenvalue weighted by atomic mass is 16.7. The number of amides is 2. The van der Waals surface area contributed by atoms with Crippen LogP contribution in [0.25, 0.3) is 0 Å². The van der Waals surface area contributed by atoms with Crippen LogP contribution in [-0.4, -0.2) is 24.1 Å². The number of hydrogen-bond donors (Lipinski definition) is 2. The molecule has 0 saturated heterocycles. The average Bonchev–Trinajstić information content (AvgIpc) is 3.35. The molecule has 2 fully saturated rings. The summed E-state index contributed by atoms with van der Waals surface area (Å²) in [5.74, 6) is 1.05. The SMILES string of the molecule is O=C(CCNC(=O)C1CCCC1)Nc1ccc2c(c1)OC1(CCCC1)O2. The molecule has 0 bridgehead atoms. The van der Waals surface area contributed by atoms with Crippen molar-refractivity contribution in [3.63, 3.8) is 0 Å². The standard InChI is InChI=1S/C20H26N2O4/c23-18(9-12-21-19(24)14-5-1-2-6-14)22-15-7-8-16-17(13-15)26-20(25-16)10-3-4-11-20/h7-8,13-14H,1-6,9-12H2,(H,21,24)(H,22,23). The molecule has 0 radical (unpaired) electrons. The molecule has 6 nitrogen and oxygen atoms in total. The molecule has 2 amide bonds. The molecule has 2 saturated carbocycles. The zero-order valence-corrected chi connectivity index (χ0v) is 15.0. The van der Waals surface area contributed by atoms with E-state index >= 15 is 0 Å². The van der Waals surface area contributed by atoms with Crippen LogP contribution < -0.4 is 20.1 Å². The van der Waals surface area contributed by atoms with E-state index in [0.29, 0.717) is 18.0 Å². The van der Waals surface area contributed by atoms with Crippen molar-refractivity contribution in [1.29, 1.82) is 0 Å². The van der Waals surface area contributed by atoms with Crippen molar-refractivity contribution in [1.82, 2.24) is 5.32 Å². The number of fused-ring (bicyclic) bond motifs is 1. The fourth-order valence-corrected chi connectivity index (χ4v) is 4.14. The second kappa shape index (κ2) is 7.17. The van der Waals surface area contributed by atoms with E-state index in [9.17, 15) is 9.59 Å². The molecule has 26 heavy (non-hydrogen) atoms.